The molecule has 0 aliphatic rings. The highest BCUT2D eigenvalue weighted by Gasteiger charge is 2.20. The molecule has 1 heterocycles. The molecule has 0 spiro atoms. The largest absolute Gasteiger partial charge is 0.465 e. The van der Waals surface area contributed by atoms with Crippen molar-refractivity contribution in [3.8, 4) is 5.69 Å². The lowest BCUT2D eigenvalue weighted by Crippen LogP contribution is -2.17. The Bertz CT molecular complexity index is 967. The van der Waals surface area contributed by atoms with Crippen molar-refractivity contribution in [2.24, 2.45) is 0 Å². The first-order chi connectivity index (χ1) is 12.5. The Morgan fingerprint density at radius 2 is 1.81 bits per heavy atom. The number of amides is 1. The zero-order chi connectivity index (χ0) is 18.7. The second-order valence-electron chi connectivity index (χ2n) is 5.40. The summed E-state index contributed by atoms with van der Waals surface area (Å²) in [5.74, 6) is -1.01. The maximum absolute atomic E-state index is 12.6. The minimum atomic E-state index is -0.539. The highest BCUT2D eigenvalue weighted by atomic mass is 35.5. The second kappa shape index (κ2) is 7.37. The van der Waals surface area contributed by atoms with E-state index in [1.807, 2.05) is 0 Å². The standard InChI is InChI=1S/C18H15ClN4O3/c1-11-16(21-22-23(11)13-9-7-12(19)8-10-13)17(24)20-15-6-4-3-5-14(15)18(25)26-2/h3-10H,1-2H3,(H,20,24). The number of benzene rings is 2. The van der Waals surface area contributed by atoms with Gasteiger partial charge in [0.25, 0.3) is 5.91 Å². The van der Waals surface area contributed by atoms with E-state index in [1.54, 1.807) is 55.5 Å². The minimum Gasteiger partial charge on any atom is -0.465 e. The topological polar surface area (TPSA) is 86.1 Å². The summed E-state index contributed by atoms with van der Waals surface area (Å²) in [5, 5.41) is 11.3. The van der Waals surface area contributed by atoms with Crippen LogP contribution in [0.1, 0.15) is 26.5 Å². The molecular formula is C18H15ClN4O3. The number of ether oxygens (including phenoxy) is 1. The number of hydrogen-bond donors (Lipinski definition) is 1. The Morgan fingerprint density at radius 3 is 2.50 bits per heavy atom. The first kappa shape index (κ1) is 17.6. The van der Waals surface area contributed by atoms with Gasteiger partial charge in [-0.2, -0.15) is 0 Å². The van der Waals surface area contributed by atoms with Gasteiger partial charge in [0.1, 0.15) is 0 Å². The average Bonchev–Trinajstić information content (AvgIpc) is 3.04. The van der Waals surface area contributed by atoms with Crippen molar-refractivity contribution in [2.45, 2.75) is 6.92 Å². The molecule has 26 heavy (non-hydrogen) atoms. The molecular weight excluding hydrogens is 356 g/mol. The number of halogens is 1. The van der Waals surface area contributed by atoms with E-state index in [9.17, 15) is 9.59 Å². The van der Waals surface area contributed by atoms with Crippen molar-refractivity contribution < 1.29 is 14.3 Å². The van der Waals surface area contributed by atoms with Gasteiger partial charge in [-0.25, -0.2) is 9.48 Å². The van der Waals surface area contributed by atoms with Crippen molar-refractivity contribution in [3.63, 3.8) is 0 Å². The number of anilines is 1. The van der Waals surface area contributed by atoms with Crippen molar-refractivity contribution in [1.29, 1.82) is 0 Å². The summed E-state index contributed by atoms with van der Waals surface area (Å²) in [6, 6.07) is 13.6. The molecule has 0 saturated heterocycles. The fourth-order valence-electron chi connectivity index (χ4n) is 2.43. The lowest BCUT2D eigenvalue weighted by atomic mass is 10.1. The molecule has 1 amide bonds. The van der Waals surface area contributed by atoms with Crippen LogP contribution in [0.3, 0.4) is 0 Å². The molecule has 132 valence electrons. The number of aromatic nitrogens is 3. The molecule has 0 atom stereocenters. The highest BCUT2D eigenvalue weighted by Crippen LogP contribution is 2.19. The van der Waals surface area contributed by atoms with E-state index in [0.717, 1.165) is 5.69 Å². The van der Waals surface area contributed by atoms with Gasteiger partial charge in [-0.1, -0.05) is 28.9 Å². The maximum atomic E-state index is 12.6. The fraction of sp³-hybridized carbons (Fsp3) is 0.111. The number of carbonyl (C=O) groups is 2. The van der Waals surface area contributed by atoms with Gasteiger partial charge < -0.3 is 10.1 Å². The van der Waals surface area contributed by atoms with Gasteiger partial charge in [-0.15, -0.1) is 5.10 Å². The number of esters is 1. The van der Waals surface area contributed by atoms with Crippen LogP contribution >= 0.6 is 11.6 Å². The number of para-hydroxylation sites is 1. The third-order valence-electron chi connectivity index (χ3n) is 3.76. The van der Waals surface area contributed by atoms with Gasteiger partial charge in [-0.05, 0) is 43.3 Å². The van der Waals surface area contributed by atoms with Gasteiger partial charge in [0.15, 0.2) is 5.69 Å². The molecule has 0 unspecified atom stereocenters. The summed E-state index contributed by atoms with van der Waals surface area (Å²) in [6.07, 6.45) is 0. The minimum absolute atomic E-state index is 0.152. The molecule has 0 bridgehead atoms. The van der Waals surface area contributed by atoms with Crippen LogP contribution in [0, 0.1) is 6.92 Å². The molecule has 3 aromatic rings. The van der Waals surface area contributed by atoms with Crippen molar-refractivity contribution in [2.75, 3.05) is 12.4 Å². The highest BCUT2D eigenvalue weighted by molar-refractivity contribution is 6.30. The zero-order valence-electron chi connectivity index (χ0n) is 14.1. The van der Waals surface area contributed by atoms with E-state index < -0.39 is 11.9 Å². The van der Waals surface area contributed by atoms with Crippen LogP contribution in [-0.4, -0.2) is 34.0 Å². The molecule has 7 nitrogen and oxygen atoms in total. The molecule has 0 saturated carbocycles. The summed E-state index contributed by atoms with van der Waals surface area (Å²) in [5.41, 5.74) is 2.03. The zero-order valence-corrected chi connectivity index (χ0v) is 14.8. The molecule has 8 heteroatoms. The predicted molar refractivity (Wildman–Crippen MR) is 96.8 cm³/mol. The summed E-state index contributed by atoms with van der Waals surface area (Å²) in [6.45, 7) is 1.73. The third kappa shape index (κ3) is 3.43. The Hall–Kier alpha value is -3.19. The molecule has 0 aliphatic carbocycles. The van der Waals surface area contributed by atoms with E-state index >= 15 is 0 Å². The van der Waals surface area contributed by atoms with E-state index in [2.05, 4.69) is 15.6 Å². The molecule has 0 radical (unpaired) electrons. The number of hydrogen-bond acceptors (Lipinski definition) is 5. The van der Waals surface area contributed by atoms with Crippen molar-refractivity contribution in [3.05, 3.63) is 70.5 Å². The number of nitrogens with zero attached hydrogens (tertiary/aromatic N) is 3. The van der Waals surface area contributed by atoms with E-state index in [1.165, 1.54) is 11.8 Å². The van der Waals surface area contributed by atoms with Gasteiger partial charge >= 0.3 is 5.97 Å². The molecule has 1 aromatic heterocycles. The lowest BCUT2D eigenvalue weighted by Gasteiger charge is -2.09. The van der Waals surface area contributed by atoms with Crippen molar-refractivity contribution in [1.82, 2.24) is 15.0 Å². The maximum Gasteiger partial charge on any atom is 0.339 e. The van der Waals surface area contributed by atoms with Crippen LogP contribution in [0.5, 0.6) is 0 Å². The van der Waals surface area contributed by atoms with Crippen molar-refractivity contribution >= 4 is 29.2 Å². The van der Waals surface area contributed by atoms with Crippen LogP contribution < -0.4 is 5.32 Å². The second-order valence-corrected chi connectivity index (χ2v) is 5.84. The number of rotatable bonds is 4. The SMILES string of the molecule is COC(=O)c1ccccc1NC(=O)c1nnn(-c2ccc(Cl)cc2)c1C. The molecule has 0 fully saturated rings. The number of nitrogens with one attached hydrogen (secondary N) is 1. The van der Waals surface area contributed by atoms with Crippen LogP contribution in [0.25, 0.3) is 5.69 Å². The molecule has 3 rings (SSSR count). The normalized spacial score (nSPS) is 10.4. The summed E-state index contributed by atoms with van der Waals surface area (Å²) >= 11 is 5.89. The Balaban J connectivity index is 1.88. The Morgan fingerprint density at radius 1 is 1.12 bits per heavy atom. The summed E-state index contributed by atoms with van der Waals surface area (Å²) in [7, 11) is 1.28. The molecule has 1 N–H and O–H groups in total. The van der Waals surface area contributed by atoms with Crippen LogP contribution in [0.2, 0.25) is 5.02 Å². The van der Waals surface area contributed by atoms with Crippen LogP contribution in [0.15, 0.2) is 48.5 Å². The van der Waals surface area contributed by atoms with Gasteiger partial charge in [0, 0.05) is 5.02 Å². The van der Waals surface area contributed by atoms with E-state index in [4.69, 9.17) is 16.3 Å². The van der Waals surface area contributed by atoms with Gasteiger partial charge in [0.05, 0.1) is 29.7 Å². The average molecular weight is 371 g/mol. The fourth-order valence-corrected chi connectivity index (χ4v) is 2.55. The lowest BCUT2D eigenvalue weighted by molar-refractivity contribution is 0.0602. The quantitative estimate of drug-likeness (QED) is 0.712. The third-order valence-corrected chi connectivity index (χ3v) is 4.01. The monoisotopic (exact) mass is 370 g/mol. The van der Waals surface area contributed by atoms with Gasteiger partial charge in [0.2, 0.25) is 0 Å². The first-order valence-corrected chi connectivity index (χ1v) is 8.06. The van der Waals surface area contributed by atoms with Crippen LogP contribution in [-0.2, 0) is 4.74 Å². The number of carbonyl (C=O) groups excluding carboxylic acids is 2. The van der Waals surface area contributed by atoms with Crippen LogP contribution in [0.4, 0.5) is 5.69 Å². The smallest absolute Gasteiger partial charge is 0.339 e. The molecule has 0 aliphatic heterocycles. The Labute approximate surface area is 154 Å². The summed E-state index contributed by atoms with van der Waals surface area (Å²) in [4.78, 5) is 24.4. The first-order valence-electron chi connectivity index (χ1n) is 7.68. The summed E-state index contributed by atoms with van der Waals surface area (Å²) < 4.78 is 6.27. The predicted octanol–water partition coefficient (Wildman–Crippen LogP) is 3.27. The van der Waals surface area contributed by atoms with E-state index in [0.29, 0.717) is 16.4 Å². The van der Waals surface area contributed by atoms with E-state index in [-0.39, 0.29) is 11.3 Å². The molecule has 2 aromatic carbocycles. The van der Waals surface area contributed by atoms with Gasteiger partial charge in [-0.3, -0.25) is 4.79 Å². The number of methoxy groups -OCH3 is 1. The Kier molecular flexibility index (Phi) is 4.99.